The van der Waals surface area contributed by atoms with Crippen molar-refractivity contribution >= 4 is 17.5 Å². The maximum atomic E-state index is 11.6. The van der Waals surface area contributed by atoms with Crippen LogP contribution in [0.2, 0.25) is 5.02 Å². The summed E-state index contributed by atoms with van der Waals surface area (Å²) < 4.78 is 10.8. The van der Waals surface area contributed by atoms with E-state index in [4.69, 9.17) is 20.9 Å². The Morgan fingerprint density at radius 2 is 2.04 bits per heavy atom. The van der Waals surface area contributed by atoms with Crippen LogP contribution in [0.25, 0.3) is 0 Å². The fourth-order valence-corrected chi connectivity index (χ4v) is 3.03. The summed E-state index contributed by atoms with van der Waals surface area (Å²) in [6.07, 6.45) is 2.28. The molecule has 24 heavy (non-hydrogen) atoms. The lowest BCUT2D eigenvalue weighted by Crippen LogP contribution is -2.35. The zero-order valence-electron chi connectivity index (χ0n) is 13.5. The van der Waals surface area contributed by atoms with Crippen molar-refractivity contribution in [3.05, 3.63) is 46.6 Å². The number of nitrogens with one attached hydrogen (secondary N) is 1. The van der Waals surface area contributed by atoms with Crippen molar-refractivity contribution in [1.29, 1.82) is 0 Å². The molecule has 2 heterocycles. The monoisotopic (exact) mass is 349 g/mol. The Bertz CT molecular complexity index is 681. The third kappa shape index (κ3) is 4.33. The second kappa shape index (κ2) is 7.77. The highest BCUT2D eigenvalue weighted by atomic mass is 35.5. The van der Waals surface area contributed by atoms with Gasteiger partial charge in [0, 0.05) is 31.6 Å². The number of hydrogen-bond donors (Lipinski definition) is 1. The zero-order chi connectivity index (χ0) is 16.9. The molecule has 0 aliphatic carbocycles. The van der Waals surface area contributed by atoms with Gasteiger partial charge in [-0.2, -0.15) is 4.98 Å². The second-order valence-electron chi connectivity index (χ2n) is 5.98. The topological polar surface area (TPSA) is 77.3 Å². The van der Waals surface area contributed by atoms with E-state index >= 15 is 0 Å². The molecule has 1 atom stereocenters. The summed E-state index contributed by atoms with van der Waals surface area (Å²) in [5, 5.41) is 7.69. The molecule has 1 aliphatic heterocycles. The summed E-state index contributed by atoms with van der Waals surface area (Å²) in [6, 6.07) is 7.27. The molecule has 1 aliphatic rings. The van der Waals surface area contributed by atoms with E-state index in [0.29, 0.717) is 36.4 Å². The minimum absolute atomic E-state index is 0.107. The van der Waals surface area contributed by atoms with Gasteiger partial charge in [-0.25, -0.2) is 0 Å². The van der Waals surface area contributed by atoms with Gasteiger partial charge in [-0.1, -0.05) is 28.9 Å². The van der Waals surface area contributed by atoms with E-state index in [0.717, 1.165) is 18.4 Å². The Morgan fingerprint density at radius 3 is 2.71 bits per heavy atom. The molecule has 0 saturated carbocycles. The molecule has 2 aromatic rings. The predicted octanol–water partition coefficient (Wildman–Crippen LogP) is 2.92. The smallest absolute Gasteiger partial charge is 0.249 e. The number of ether oxygens (including phenoxy) is 1. The molecule has 0 bridgehead atoms. The van der Waals surface area contributed by atoms with Crippen molar-refractivity contribution in [1.82, 2.24) is 15.5 Å². The van der Waals surface area contributed by atoms with Crippen molar-refractivity contribution in [3.63, 3.8) is 0 Å². The first-order chi connectivity index (χ1) is 11.6. The van der Waals surface area contributed by atoms with Crippen molar-refractivity contribution in [2.45, 2.75) is 32.2 Å². The molecular formula is C17H20ClN3O3. The van der Waals surface area contributed by atoms with E-state index in [1.165, 1.54) is 6.92 Å². The molecule has 1 N–H and O–H groups in total. The SMILES string of the molecule is CC(=O)NC(c1nc(Cc2ccc(Cl)cc2)no1)C1CCOCC1. The molecule has 0 radical (unpaired) electrons. The molecule has 1 fully saturated rings. The van der Waals surface area contributed by atoms with Gasteiger partial charge in [0.05, 0.1) is 0 Å². The molecule has 7 heteroatoms. The number of nitrogens with zero attached hydrogens (tertiary/aromatic N) is 2. The van der Waals surface area contributed by atoms with E-state index < -0.39 is 0 Å². The highest BCUT2D eigenvalue weighted by Crippen LogP contribution is 2.29. The van der Waals surface area contributed by atoms with Crippen LogP contribution in [0, 0.1) is 5.92 Å². The zero-order valence-corrected chi connectivity index (χ0v) is 14.3. The van der Waals surface area contributed by atoms with Gasteiger partial charge in [-0.05, 0) is 36.5 Å². The van der Waals surface area contributed by atoms with Crippen LogP contribution in [0.1, 0.15) is 43.1 Å². The summed E-state index contributed by atoms with van der Waals surface area (Å²) in [5.41, 5.74) is 1.05. The Morgan fingerprint density at radius 1 is 1.33 bits per heavy atom. The number of amides is 1. The van der Waals surface area contributed by atoms with Gasteiger partial charge in [-0.3, -0.25) is 4.79 Å². The van der Waals surface area contributed by atoms with Crippen LogP contribution in [-0.4, -0.2) is 29.3 Å². The van der Waals surface area contributed by atoms with Gasteiger partial charge in [-0.15, -0.1) is 0 Å². The van der Waals surface area contributed by atoms with Gasteiger partial charge < -0.3 is 14.6 Å². The summed E-state index contributed by atoms with van der Waals surface area (Å²) in [5.74, 6) is 1.19. The molecule has 3 rings (SSSR count). The van der Waals surface area contributed by atoms with E-state index in [1.54, 1.807) is 0 Å². The maximum absolute atomic E-state index is 11.6. The van der Waals surface area contributed by atoms with Crippen LogP contribution in [0.3, 0.4) is 0 Å². The molecule has 1 aromatic heterocycles. The number of benzene rings is 1. The average molecular weight is 350 g/mol. The number of carbonyl (C=O) groups is 1. The third-order valence-corrected chi connectivity index (χ3v) is 4.37. The number of hydrogen-bond acceptors (Lipinski definition) is 5. The first-order valence-corrected chi connectivity index (χ1v) is 8.41. The molecule has 1 unspecified atom stereocenters. The second-order valence-corrected chi connectivity index (χ2v) is 6.42. The van der Waals surface area contributed by atoms with Crippen LogP contribution >= 0.6 is 11.6 Å². The molecular weight excluding hydrogens is 330 g/mol. The highest BCUT2D eigenvalue weighted by molar-refractivity contribution is 6.30. The van der Waals surface area contributed by atoms with E-state index in [2.05, 4.69) is 15.5 Å². The first-order valence-electron chi connectivity index (χ1n) is 8.03. The minimum Gasteiger partial charge on any atom is -0.381 e. The van der Waals surface area contributed by atoms with Crippen LogP contribution in [0.4, 0.5) is 0 Å². The Labute approximate surface area is 145 Å². The lowest BCUT2D eigenvalue weighted by atomic mass is 9.91. The summed E-state index contributed by atoms with van der Waals surface area (Å²) in [6.45, 7) is 2.87. The Balaban J connectivity index is 1.74. The molecule has 1 saturated heterocycles. The van der Waals surface area contributed by atoms with E-state index in [-0.39, 0.29) is 17.9 Å². The highest BCUT2D eigenvalue weighted by Gasteiger charge is 2.30. The number of rotatable bonds is 5. The standard InChI is InChI=1S/C17H20ClN3O3/c1-11(22)19-16(13-6-8-23-9-7-13)17-20-15(21-24-17)10-12-2-4-14(18)5-3-12/h2-5,13,16H,6-10H2,1H3,(H,19,22). The normalized spacial score (nSPS) is 16.8. The van der Waals surface area contributed by atoms with E-state index in [9.17, 15) is 4.79 Å². The minimum atomic E-state index is -0.266. The first kappa shape index (κ1) is 16.9. The molecule has 0 spiro atoms. The molecule has 1 aromatic carbocycles. The van der Waals surface area contributed by atoms with E-state index in [1.807, 2.05) is 24.3 Å². The number of carbonyl (C=O) groups excluding carboxylic acids is 1. The quantitative estimate of drug-likeness (QED) is 0.898. The lowest BCUT2D eigenvalue weighted by Gasteiger charge is -2.28. The summed E-state index contributed by atoms with van der Waals surface area (Å²) in [4.78, 5) is 16.0. The average Bonchev–Trinajstić information content (AvgIpc) is 3.04. The molecule has 128 valence electrons. The lowest BCUT2D eigenvalue weighted by molar-refractivity contribution is -0.120. The van der Waals surface area contributed by atoms with Crippen molar-refractivity contribution < 1.29 is 14.1 Å². The van der Waals surface area contributed by atoms with Crippen LogP contribution in [0.15, 0.2) is 28.8 Å². The molecule has 6 nitrogen and oxygen atoms in total. The van der Waals surface area contributed by atoms with Gasteiger partial charge in [0.2, 0.25) is 11.8 Å². The van der Waals surface area contributed by atoms with Gasteiger partial charge >= 0.3 is 0 Å². The van der Waals surface area contributed by atoms with Gasteiger partial charge in [0.15, 0.2) is 5.82 Å². The Hall–Kier alpha value is -1.92. The van der Waals surface area contributed by atoms with Crippen molar-refractivity contribution in [2.75, 3.05) is 13.2 Å². The van der Waals surface area contributed by atoms with Crippen molar-refractivity contribution in [2.24, 2.45) is 5.92 Å². The van der Waals surface area contributed by atoms with Gasteiger partial charge in [0.25, 0.3) is 0 Å². The van der Waals surface area contributed by atoms with Crippen LogP contribution in [-0.2, 0) is 16.0 Å². The molecule has 1 amide bonds. The fraction of sp³-hybridized carbons (Fsp3) is 0.471. The number of halogens is 1. The van der Waals surface area contributed by atoms with Crippen molar-refractivity contribution in [3.8, 4) is 0 Å². The van der Waals surface area contributed by atoms with Gasteiger partial charge in [0.1, 0.15) is 6.04 Å². The maximum Gasteiger partial charge on any atom is 0.249 e. The predicted molar refractivity (Wildman–Crippen MR) is 88.7 cm³/mol. The van der Waals surface area contributed by atoms with Crippen LogP contribution < -0.4 is 5.32 Å². The largest absolute Gasteiger partial charge is 0.381 e. The summed E-state index contributed by atoms with van der Waals surface area (Å²) >= 11 is 5.89. The third-order valence-electron chi connectivity index (χ3n) is 4.12. The van der Waals surface area contributed by atoms with Crippen LogP contribution in [0.5, 0.6) is 0 Å². The summed E-state index contributed by atoms with van der Waals surface area (Å²) in [7, 11) is 0. The Kier molecular flexibility index (Phi) is 5.48. The fourth-order valence-electron chi connectivity index (χ4n) is 2.90. The number of aromatic nitrogens is 2.